The number of allylic oxidation sites excluding steroid dienone is 2. The van der Waals surface area contributed by atoms with Gasteiger partial charge in [-0.05, 0) is 43.8 Å². The summed E-state index contributed by atoms with van der Waals surface area (Å²) >= 11 is 0. The van der Waals surface area contributed by atoms with Gasteiger partial charge in [0.1, 0.15) is 6.10 Å². The summed E-state index contributed by atoms with van der Waals surface area (Å²) in [7, 11) is 1.73. The number of carbonyl (C=O) groups excluding carboxylic acids is 1. The molecule has 3 aliphatic rings. The fourth-order valence-corrected chi connectivity index (χ4v) is 4.71. The quantitative estimate of drug-likeness (QED) is 0.629. The van der Waals surface area contributed by atoms with Gasteiger partial charge in [0.25, 0.3) is 0 Å². The van der Waals surface area contributed by atoms with Crippen molar-refractivity contribution < 1.29 is 14.6 Å². The van der Waals surface area contributed by atoms with E-state index in [9.17, 15) is 9.90 Å². The number of methoxy groups -OCH3 is 1. The predicted molar refractivity (Wildman–Crippen MR) is 86.4 cm³/mol. The van der Waals surface area contributed by atoms with Gasteiger partial charge in [-0.1, -0.05) is 30.7 Å². The Morgan fingerprint density at radius 3 is 2.86 bits per heavy atom. The number of hydrogen-bond acceptors (Lipinski definition) is 3. The topological polar surface area (TPSA) is 46.5 Å². The summed E-state index contributed by atoms with van der Waals surface area (Å²) in [5.74, 6) is 0.270. The van der Waals surface area contributed by atoms with E-state index in [1.807, 2.05) is 6.92 Å². The number of fused-ring (bicyclic) bond motifs is 2. The molecule has 3 aliphatic carbocycles. The van der Waals surface area contributed by atoms with Crippen LogP contribution >= 0.6 is 0 Å². The van der Waals surface area contributed by atoms with E-state index in [0.29, 0.717) is 18.1 Å². The monoisotopic (exact) mass is 302 g/mol. The summed E-state index contributed by atoms with van der Waals surface area (Å²) in [6.07, 6.45) is 5.21. The molecule has 0 saturated heterocycles. The summed E-state index contributed by atoms with van der Waals surface area (Å²) in [5.41, 5.74) is 3.75. The van der Waals surface area contributed by atoms with Crippen LogP contribution in [0, 0.1) is 17.3 Å². The standard InChI is InChI=1S/C19H26O3/c1-11-7-8-19(3)9-15-13(10-22-4)5-6-14(15)12(2)17(20)18(21)16(11)19/h9,13-14,18,21H,2,5-8,10H2,1,3-4H3/b15-9-/t13-,14?,18-,19-/m1/s1. The molecule has 0 aromatic rings. The third kappa shape index (κ3) is 2.22. The number of carbonyl (C=O) groups is 1. The fraction of sp³-hybridized carbons (Fsp3) is 0.632. The van der Waals surface area contributed by atoms with E-state index in [1.165, 1.54) is 5.57 Å². The Balaban J connectivity index is 2.13. The summed E-state index contributed by atoms with van der Waals surface area (Å²) in [5, 5.41) is 10.6. The summed E-state index contributed by atoms with van der Waals surface area (Å²) < 4.78 is 5.38. The Hall–Kier alpha value is -1.19. The van der Waals surface area contributed by atoms with Crippen molar-refractivity contribution in [2.45, 2.75) is 45.6 Å². The minimum absolute atomic E-state index is 0.0848. The zero-order valence-corrected chi connectivity index (χ0v) is 13.8. The lowest BCUT2D eigenvalue weighted by Crippen LogP contribution is -2.35. The SMILES string of the molecule is C=C1C(=O)[C@H](O)C2=C(C)CC[C@]2(C)/C=C2\C1CC[C@@H]2COC. The Bertz CT molecular complexity index is 583. The highest BCUT2D eigenvalue weighted by atomic mass is 16.5. The zero-order chi connectivity index (χ0) is 16.1. The second-order valence-electron chi connectivity index (χ2n) is 7.33. The molecule has 4 atom stereocenters. The molecule has 0 bridgehead atoms. The van der Waals surface area contributed by atoms with Crippen molar-refractivity contribution in [1.82, 2.24) is 0 Å². The molecular weight excluding hydrogens is 276 g/mol. The number of hydrogen-bond donors (Lipinski definition) is 1. The molecule has 22 heavy (non-hydrogen) atoms. The van der Waals surface area contributed by atoms with E-state index in [0.717, 1.165) is 36.8 Å². The van der Waals surface area contributed by atoms with Gasteiger partial charge in [-0.3, -0.25) is 4.79 Å². The van der Waals surface area contributed by atoms with Crippen LogP contribution in [0.25, 0.3) is 0 Å². The van der Waals surface area contributed by atoms with E-state index in [1.54, 1.807) is 7.11 Å². The average molecular weight is 302 g/mol. The first-order chi connectivity index (χ1) is 10.4. The van der Waals surface area contributed by atoms with E-state index in [4.69, 9.17) is 4.74 Å². The first-order valence-corrected chi connectivity index (χ1v) is 8.22. The number of aliphatic hydroxyl groups is 1. The molecule has 0 spiro atoms. The van der Waals surface area contributed by atoms with Gasteiger partial charge in [0.15, 0.2) is 5.78 Å². The number of rotatable bonds is 2. The minimum Gasteiger partial charge on any atom is -0.384 e. The van der Waals surface area contributed by atoms with Crippen molar-refractivity contribution >= 4 is 5.78 Å². The van der Waals surface area contributed by atoms with Crippen molar-refractivity contribution in [3.63, 3.8) is 0 Å². The highest BCUT2D eigenvalue weighted by molar-refractivity contribution is 6.01. The summed E-state index contributed by atoms with van der Waals surface area (Å²) in [6.45, 7) is 8.93. The van der Waals surface area contributed by atoms with E-state index < -0.39 is 6.10 Å². The molecule has 0 radical (unpaired) electrons. The largest absolute Gasteiger partial charge is 0.384 e. The normalized spacial score (nSPS) is 40.9. The molecule has 3 nitrogen and oxygen atoms in total. The van der Waals surface area contributed by atoms with Gasteiger partial charge in [-0.25, -0.2) is 0 Å². The molecule has 1 fully saturated rings. The lowest BCUT2D eigenvalue weighted by molar-refractivity contribution is -0.122. The fourth-order valence-electron chi connectivity index (χ4n) is 4.71. The number of ketones is 1. The van der Waals surface area contributed by atoms with Crippen molar-refractivity contribution in [3.05, 3.63) is 34.9 Å². The third-order valence-corrected chi connectivity index (χ3v) is 5.88. The van der Waals surface area contributed by atoms with Gasteiger partial charge in [0.2, 0.25) is 0 Å². The van der Waals surface area contributed by atoms with Crippen molar-refractivity contribution in [1.29, 1.82) is 0 Å². The van der Waals surface area contributed by atoms with Crippen LogP contribution in [0.5, 0.6) is 0 Å². The minimum atomic E-state index is -1.01. The molecule has 0 heterocycles. The van der Waals surface area contributed by atoms with Gasteiger partial charge in [-0.2, -0.15) is 0 Å². The smallest absolute Gasteiger partial charge is 0.191 e. The van der Waals surface area contributed by atoms with Gasteiger partial charge < -0.3 is 9.84 Å². The zero-order valence-electron chi connectivity index (χ0n) is 13.8. The van der Waals surface area contributed by atoms with E-state index in [2.05, 4.69) is 19.6 Å². The average Bonchev–Trinajstić information content (AvgIpc) is 2.99. The molecule has 1 unspecified atom stereocenters. The van der Waals surface area contributed by atoms with Crippen LogP contribution < -0.4 is 0 Å². The van der Waals surface area contributed by atoms with Crippen molar-refractivity contribution in [3.8, 4) is 0 Å². The summed E-state index contributed by atoms with van der Waals surface area (Å²) in [4.78, 5) is 12.7. The van der Waals surface area contributed by atoms with Gasteiger partial charge in [0, 0.05) is 24.4 Å². The highest BCUT2D eigenvalue weighted by Gasteiger charge is 2.46. The predicted octanol–water partition coefficient (Wildman–Crippen LogP) is 3.20. The lowest BCUT2D eigenvalue weighted by atomic mass is 9.71. The van der Waals surface area contributed by atoms with Crippen LogP contribution in [0.3, 0.4) is 0 Å². The Kier molecular flexibility index (Phi) is 3.90. The maximum absolute atomic E-state index is 12.7. The van der Waals surface area contributed by atoms with Crippen LogP contribution in [-0.2, 0) is 9.53 Å². The number of ether oxygens (including phenoxy) is 1. The van der Waals surface area contributed by atoms with Gasteiger partial charge in [-0.15, -0.1) is 0 Å². The van der Waals surface area contributed by atoms with Crippen LogP contribution in [0.4, 0.5) is 0 Å². The van der Waals surface area contributed by atoms with Crippen LogP contribution in [0.1, 0.15) is 39.5 Å². The molecule has 0 amide bonds. The van der Waals surface area contributed by atoms with Crippen LogP contribution in [0.2, 0.25) is 0 Å². The molecule has 0 aromatic heterocycles. The molecule has 0 aliphatic heterocycles. The first-order valence-electron chi connectivity index (χ1n) is 8.22. The van der Waals surface area contributed by atoms with E-state index >= 15 is 0 Å². The molecule has 3 heteroatoms. The first kappa shape index (κ1) is 15.7. The molecular formula is C19H26O3. The molecule has 120 valence electrons. The number of aliphatic hydroxyl groups excluding tert-OH is 1. The lowest BCUT2D eigenvalue weighted by Gasteiger charge is -2.34. The van der Waals surface area contributed by atoms with Crippen molar-refractivity contribution in [2.24, 2.45) is 17.3 Å². The van der Waals surface area contributed by atoms with Gasteiger partial charge >= 0.3 is 0 Å². The molecule has 0 aromatic carbocycles. The maximum Gasteiger partial charge on any atom is 0.191 e. The van der Waals surface area contributed by atoms with Crippen LogP contribution in [0.15, 0.2) is 34.9 Å². The Morgan fingerprint density at radius 1 is 1.45 bits per heavy atom. The second kappa shape index (κ2) is 5.47. The molecule has 3 rings (SSSR count). The Morgan fingerprint density at radius 2 is 2.18 bits per heavy atom. The highest BCUT2D eigenvalue weighted by Crippen LogP contribution is 2.52. The maximum atomic E-state index is 12.7. The second-order valence-corrected chi connectivity index (χ2v) is 7.33. The van der Waals surface area contributed by atoms with Crippen molar-refractivity contribution in [2.75, 3.05) is 13.7 Å². The van der Waals surface area contributed by atoms with Gasteiger partial charge in [0.05, 0.1) is 6.61 Å². The number of Topliss-reactive ketones (excluding diaryl/α,β-unsaturated/α-hetero) is 1. The summed E-state index contributed by atoms with van der Waals surface area (Å²) in [6, 6.07) is 0. The van der Waals surface area contributed by atoms with E-state index in [-0.39, 0.29) is 17.1 Å². The molecule has 1 N–H and O–H groups in total. The third-order valence-electron chi connectivity index (χ3n) is 5.88. The molecule has 1 saturated carbocycles. The van der Waals surface area contributed by atoms with Crippen LogP contribution in [-0.4, -0.2) is 30.7 Å². The Labute approximate surface area is 132 Å².